The Balaban J connectivity index is 1.47. The summed E-state index contributed by atoms with van der Waals surface area (Å²) in [5, 5.41) is 5.18. The lowest BCUT2D eigenvalue weighted by Gasteiger charge is -2.45. The zero-order chi connectivity index (χ0) is 17.0. The van der Waals surface area contributed by atoms with Gasteiger partial charge in [0.2, 0.25) is 0 Å². The van der Waals surface area contributed by atoms with Crippen molar-refractivity contribution in [3.05, 3.63) is 59.5 Å². The molecule has 25 heavy (non-hydrogen) atoms. The van der Waals surface area contributed by atoms with E-state index in [4.69, 9.17) is 0 Å². The summed E-state index contributed by atoms with van der Waals surface area (Å²) in [5.74, 6) is 0.585. The molecule has 2 aliphatic rings. The van der Waals surface area contributed by atoms with E-state index in [0.29, 0.717) is 18.0 Å². The summed E-state index contributed by atoms with van der Waals surface area (Å²) in [6.45, 7) is 3.10. The van der Waals surface area contributed by atoms with Crippen molar-refractivity contribution in [2.75, 3.05) is 18.9 Å². The number of pyridine rings is 1. The van der Waals surface area contributed by atoms with Crippen molar-refractivity contribution < 1.29 is 0 Å². The van der Waals surface area contributed by atoms with Crippen LogP contribution in [0.4, 0.5) is 5.69 Å². The van der Waals surface area contributed by atoms with Crippen molar-refractivity contribution in [3.8, 4) is 0 Å². The number of rotatable bonds is 2. The number of fused-ring (bicyclic) bond motifs is 2. The number of likely N-dealkylation sites (N-methyl/N-ethyl adjacent to an activating group) is 1. The summed E-state index contributed by atoms with van der Waals surface area (Å²) in [7, 11) is 2.27. The number of piperidine rings is 1. The van der Waals surface area contributed by atoms with Crippen molar-refractivity contribution >= 4 is 16.6 Å². The van der Waals surface area contributed by atoms with Crippen LogP contribution in [0.15, 0.2) is 42.7 Å². The smallest absolute Gasteiger partial charge is 0.0529 e. The highest BCUT2D eigenvalue weighted by Crippen LogP contribution is 2.43. The standard InChI is InChI=1S/C21H24N4/c1-13-6-7-15(11-22-13)24-16-9-18-17-4-3-5-19-21(17)14(10-23-19)8-20(18)25(2)12-16/h3-7,10-11,16,18,20,23-24H,8-9,12H2,1-2H3/t16-,18?,20-/m1/s1. The first-order valence-electron chi connectivity index (χ1n) is 9.17. The Labute approximate surface area is 148 Å². The Morgan fingerprint density at radius 2 is 2.16 bits per heavy atom. The van der Waals surface area contributed by atoms with Crippen LogP contribution in [-0.4, -0.2) is 40.5 Å². The van der Waals surface area contributed by atoms with Crippen molar-refractivity contribution in [2.45, 2.75) is 37.8 Å². The number of hydrogen-bond donors (Lipinski definition) is 2. The molecule has 3 atom stereocenters. The van der Waals surface area contributed by atoms with Crippen LogP contribution in [0.25, 0.3) is 10.9 Å². The van der Waals surface area contributed by atoms with Gasteiger partial charge in [-0.3, -0.25) is 4.98 Å². The molecule has 128 valence electrons. The third-order valence-corrected chi connectivity index (χ3v) is 6.01. The molecule has 0 radical (unpaired) electrons. The number of H-pyrrole nitrogens is 1. The minimum absolute atomic E-state index is 0.450. The third-order valence-electron chi connectivity index (χ3n) is 6.01. The first kappa shape index (κ1) is 15.0. The van der Waals surface area contributed by atoms with E-state index in [-0.39, 0.29) is 0 Å². The lowest BCUT2D eigenvalue weighted by atomic mass is 9.74. The van der Waals surface area contributed by atoms with Crippen LogP contribution >= 0.6 is 0 Å². The third kappa shape index (κ3) is 2.44. The second kappa shape index (κ2) is 5.60. The molecular formula is C21H24N4. The number of nitrogens with zero attached hydrogens (tertiary/aromatic N) is 2. The number of nitrogens with one attached hydrogen (secondary N) is 2. The minimum atomic E-state index is 0.450. The quantitative estimate of drug-likeness (QED) is 0.752. The fraction of sp³-hybridized carbons (Fsp3) is 0.381. The van der Waals surface area contributed by atoms with Gasteiger partial charge in [0.25, 0.3) is 0 Å². The molecule has 1 aliphatic carbocycles. The van der Waals surface area contributed by atoms with Gasteiger partial charge in [-0.25, -0.2) is 0 Å². The van der Waals surface area contributed by atoms with Crippen molar-refractivity contribution in [3.63, 3.8) is 0 Å². The summed E-state index contributed by atoms with van der Waals surface area (Å²) in [5.41, 5.74) is 6.47. The average Bonchev–Trinajstić information content (AvgIpc) is 3.03. The molecule has 0 saturated carbocycles. The van der Waals surface area contributed by atoms with Crippen LogP contribution in [0, 0.1) is 6.92 Å². The van der Waals surface area contributed by atoms with E-state index in [1.54, 1.807) is 0 Å². The van der Waals surface area contributed by atoms with E-state index in [2.05, 4.69) is 63.8 Å². The monoisotopic (exact) mass is 332 g/mol. The van der Waals surface area contributed by atoms with Crippen LogP contribution in [0.1, 0.15) is 29.2 Å². The van der Waals surface area contributed by atoms with Crippen LogP contribution in [0.2, 0.25) is 0 Å². The maximum absolute atomic E-state index is 4.42. The lowest BCUT2D eigenvalue weighted by Crippen LogP contribution is -2.51. The van der Waals surface area contributed by atoms with Gasteiger partial charge in [-0.05, 0) is 56.1 Å². The molecule has 3 aromatic rings. The highest BCUT2D eigenvalue weighted by molar-refractivity contribution is 5.88. The minimum Gasteiger partial charge on any atom is -0.380 e. The van der Waals surface area contributed by atoms with E-state index in [0.717, 1.165) is 24.3 Å². The van der Waals surface area contributed by atoms with E-state index in [1.807, 2.05) is 13.1 Å². The fourth-order valence-electron chi connectivity index (χ4n) is 4.84. The molecular weight excluding hydrogens is 308 g/mol. The molecule has 2 N–H and O–H groups in total. The molecule has 1 fully saturated rings. The first-order valence-corrected chi connectivity index (χ1v) is 9.17. The predicted octanol–water partition coefficient (Wildman–Crippen LogP) is 3.70. The van der Waals surface area contributed by atoms with Gasteiger partial charge in [0.1, 0.15) is 0 Å². The van der Waals surface area contributed by atoms with E-state index >= 15 is 0 Å². The topological polar surface area (TPSA) is 44.0 Å². The first-order chi connectivity index (χ1) is 12.2. The Kier molecular flexibility index (Phi) is 3.35. The summed E-state index contributed by atoms with van der Waals surface area (Å²) < 4.78 is 0. The zero-order valence-electron chi connectivity index (χ0n) is 14.8. The van der Waals surface area contributed by atoms with Gasteiger partial charge in [0.05, 0.1) is 11.9 Å². The molecule has 1 aliphatic heterocycles. The Bertz CT molecular complexity index is 911. The van der Waals surface area contributed by atoms with Gasteiger partial charge in [0, 0.05) is 47.3 Å². The second-order valence-corrected chi connectivity index (χ2v) is 7.67. The molecule has 2 aromatic heterocycles. The van der Waals surface area contributed by atoms with Crippen LogP contribution in [0.3, 0.4) is 0 Å². The molecule has 0 amide bonds. The van der Waals surface area contributed by atoms with Crippen molar-refractivity contribution in [1.82, 2.24) is 14.9 Å². The van der Waals surface area contributed by atoms with Crippen molar-refractivity contribution in [1.29, 1.82) is 0 Å². The summed E-state index contributed by atoms with van der Waals surface area (Å²) in [6, 6.07) is 12.0. The predicted molar refractivity (Wildman–Crippen MR) is 102 cm³/mol. The Morgan fingerprint density at radius 1 is 1.24 bits per heavy atom. The van der Waals surface area contributed by atoms with Crippen LogP contribution in [-0.2, 0) is 6.42 Å². The second-order valence-electron chi connectivity index (χ2n) is 7.67. The zero-order valence-corrected chi connectivity index (χ0v) is 14.8. The number of aromatic nitrogens is 2. The molecule has 1 unspecified atom stereocenters. The maximum atomic E-state index is 4.42. The largest absolute Gasteiger partial charge is 0.380 e. The van der Waals surface area contributed by atoms with Gasteiger partial charge < -0.3 is 15.2 Å². The lowest BCUT2D eigenvalue weighted by molar-refractivity contribution is 0.147. The summed E-state index contributed by atoms with van der Waals surface area (Å²) in [6.07, 6.45) is 6.48. The molecule has 0 spiro atoms. The van der Waals surface area contributed by atoms with Gasteiger partial charge >= 0.3 is 0 Å². The SMILES string of the molecule is Cc1ccc(N[C@@H]2CC3c4cccc5[nH]cc(c45)C[C@H]3N(C)C2)cn1. The van der Waals surface area contributed by atoms with Crippen LogP contribution in [0.5, 0.6) is 0 Å². The Hall–Kier alpha value is -2.33. The number of benzene rings is 1. The molecule has 5 rings (SSSR count). The maximum Gasteiger partial charge on any atom is 0.0529 e. The normalized spacial score (nSPS) is 25.8. The number of hydrogen-bond acceptors (Lipinski definition) is 3. The van der Waals surface area contributed by atoms with E-state index in [9.17, 15) is 0 Å². The average molecular weight is 332 g/mol. The number of aryl methyl sites for hydroxylation is 1. The highest BCUT2D eigenvalue weighted by Gasteiger charge is 2.39. The number of anilines is 1. The van der Waals surface area contributed by atoms with E-state index < -0.39 is 0 Å². The van der Waals surface area contributed by atoms with E-state index in [1.165, 1.54) is 28.5 Å². The van der Waals surface area contributed by atoms with Gasteiger partial charge in [-0.2, -0.15) is 0 Å². The molecule has 1 aromatic carbocycles. The van der Waals surface area contributed by atoms with Crippen molar-refractivity contribution in [2.24, 2.45) is 0 Å². The summed E-state index contributed by atoms with van der Waals surface area (Å²) >= 11 is 0. The Morgan fingerprint density at radius 3 is 3.00 bits per heavy atom. The van der Waals surface area contributed by atoms with Gasteiger partial charge in [0.15, 0.2) is 0 Å². The van der Waals surface area contributed by atoms with Crippen LogP contribution < -0.4 is 5.32 Å². The molecule has 4 nitrogen and oxygen atoms in total. The number of likely N-dealkylation sites (tertiary alicyclic amines) is 1. The molecule has 4 heteroatoms. The van der Waals surface area contributed by atoms with Gasteiger partial charge in [-0.1, -0.05) is 12.1 Å². The summed E-state index contributed by atoms with van der Waals surface area (Å²) in [4.78, 5) is 10.4. The number of aromatic amines is 1. The molecule has 3 heterocycles. The fourth-order valence-corrected chi connectivity index (χ4v) is 4.84. The molecule has 1 saturated heterocycles. The van der Waals surface area contributed by atoms with Gasteiger partial charge in [-0.15, -0.1) is 0 Å². The molecule has 0 bridgehead atoms. The highest BCUT2D eigenvalue weighted by atomic mass is 15.2.